The van der Waals surface area contributed by atoms with E-state index in [1.807, 2.05) is 0 Å². The Balaban J connectivity index is 2.32. The van der Waals surface area contributed by atoms with Gasteiger partial charge in [0.05, 0.1) is 11.3 Å². The molecular formula is C13H9F4N3S. The average Bonchev–Trinajstić information content (AvgIpc) is 2.37. The molecule has 0 spiro atoms. The highest BCUT2D eigenvalue weighted by atomic mass is 32.1. The van der Waals surface area contributed by atoms with Gasteiger partial charge in [0.15, 0.2) is 5.11 Å². The fraction of sp³-hybridized carbons (Fsp3) is 0.0769. The van der Waals surface area contributed by atoms with E-state index in [4.69, 9.17) is 5.73 Å². The number of pyridine rings is 1. The Bertz CT molecular complexity index is 668. The molecule has 3 nitrogen and oxygen atoms in total. The van der Waals surface area contributed by atoms with Crippen LogP contribution in [0.15, 0.2) is 36.5 Å². The van der Waals surface area contributed by atoms with Crippen LogP contribution in [0.4, 0.5) is 23.2 Å². The van der Waals surface area contributed by atoms with E-state index >= 15 is 0 Å². The third kappa shape index (κ3) is 3.66. The number of hydrogen-bond acceptors (Lipinski definition) is 2. The third-order valence-corrected chi connectivity index (χ3v) is 2.71. The first-order valence-electron chi connectivity index (χ1n) is 5.67. The van der Waals surface area contributed by atoms with E-state index in [0.29, 0.717) is 11.9 Å². The maximum absolute atomic E-state index is 13.9. The second kappa shape index (κ2) is 5.65. The maximum Gasteiger partial charge on any atom is 0.417 e. The molecule has 0 bridgehead atoms. The first-order valence-corrected chi connectivity index (χ1v) is 6.08. The molecule has 3 N–H and O–H groups in total. The van der Waals surface area contributed by atoms with Crippen LogP contribution < -0.4 is 11.1 Å². The largest absolute Gasteiger partial charge is 0.417 e. The molecule has 0 atom stereocenters. The minimum atomic E-state index is -4.48. The van der Waals surface area contributed by atoms with Crippen LogP contribution in [-0.2, 0) is 6.18 Å². The van der Waals surface area contributed by atoms with Crippen molar-refractivity contribution in [3.63, 3.8) is 0 Å². The second-order valence-electron chi connectivity index (χ2n) is 4.11. The lowest BCUT2D eigenvalue weighted by Gasteiger charge is -2.09. The number of nitrogens with two attached hydrogens (primary N) is 1. The van der Waals surface area contributed by atoms with Crippen molar-refractivity contribution in [2.45, 2.75) is 6.18 Å². The van der Waals surface area contributed by atoms with E-state index in [1.54, 1.807) is 0 Å². The monoisotopic (exact) mass is 315 g/mol. The zero-order valence-electron chi connectivity index (χ0n) is 10.4. The molecule has 21 heavy (non-hydrogen) atoms. The molecule has 0 aliphatic rings. The Morgan fingerprint density at radius 1 is 1.19 bits per heavy atom. The molecule has 1 aromatic carbocycles. The van der Waals surface area contributed by atoms with Crippen LogP contribution in [0.2, 0.25) is 0 Å². The summed E-state index contributed by atoms with van der Waals surface area (Å²) in [6.45, 7) is 0. The quantitative estimate of drug-likeness (QED) is 0.657. The molecule has 2 rings (SSSR count). The van der Waals surface area contributed by atoms with Crippen LogP contribution in [0.25, 0.3) is 11.3 Å². The smallest absolute Gasteiger partial charge is 0.376 e. The van der Waals surface area contributed by atoms with Gasteiger partial charge in [-0.2, -0.15) is 13.2 Å². The molecule has 0 radical (unpaired) electrons. The topological polar surface area (TPSA) is 50.9 Å². The number of benzene rings is 1. The molecule has 0 saturated heterocycles. The lowest BCUT2D eigenvalue weighted by Crippen LogP contribution is -2.18. The van der Waals surface area contributed by atoms with Gasteiger partial charge >= 0.3 is 6.18 Å². The standard InChI is InChI=1S/C13H9F4N3S/c14-10-5-8(20-12(18)21)2-3-9(10)11-4-1-7(6-19-11)13(15,16)17/h1-6H,(H3,18,20,21). The zero-order chi connectivity index (χ0) is 15.6. The Kier molecular flexibility index (Phi) is 4.08. The molecule has 0 aliphatic carbocycles. The molecule has 1 heterocycles. The van der Waals surface area contributed by atoms with Crippen molar-refractivity contribution < 1.29 is 17.6 Å². The first-order chi connectivity index (χ1) is 9.77. The number of nitrogens with zero attached hydrogens (tertiary/aromatic N) is 1. The lowest BCUT2D eigenvalue weighted by atomic mass is 10.1. The van der Waals surface area contributed by atoms with Crippen molar-refractivity contribution in [2.75, 3.05) is 5.32 Å². The van der Waals surface area contributed by atoms with E-state index in [9.17, 15) is 17.6 Å². The summed E-state index contributed by atoms with van der Waals surface area (Å²) < 4.78 is 51.2. The van der Waals surface area contributed by atoms with Gasteiger partial charge in [-0.15, -0.1) is 0 Å². The van der Waals surface area contributed by atoms with Gasteiger partial charge in [0.1, 0.15) is 5.82 Å². The van der Waals surface area contributed by atoms with Gasteiger partial charge in [0.25, 0.3) is 0 Å². The Morgan fingerprint density at radius 3 is 2.38 bits per heavy atom. The van der Waals surface area contributed by atoms with Crippen molar-refractivity contribution in [2.24, 2.45) is 5.73 Å². The van der Waals surface area contributed by atoms with Crippen LogP contribution in [0.1, 0.15) is 5.56 Å². The zero-order valence-corrected chi connectivity index (χ0v) is 11.2. The number of hydrogen-bond donors (Lipinski definition) is 2. The first kappa shape index (κ1) is 15.2. The predicted molar refractivity (Wildman–Crippen MR) is 75.0 cm³/mol. The summed E-state index contributed by atoms with van der Waals surface area (Å²) in [7, 11) is 0. The van der Waals surface area contributed by atoms with Crippen molar-refractivity contribution in [1.82, 2.24) is 4.98 Å². The molecule has 2 aromatic rings. The van der Waals surface area contributed by atoms with Crippen LogP contribution in [0.3, 0.4) is 0 Å². The lowest BCUT2D eigenvalue weighted by molar-refractivity contribution is -0.137. The van der Waals surface area contributed by atoms with E-state index in [2.05, 4.69) is 22.5 Å². The van der Waals surface area contributed by atoms with Gasteiger partial charge in [0, 0.05) is 17.4 Å². The second-order valence-corrected chi connectivity index (χ2v) is 4.55. The van der Waals surface area contributed by atoms with Gasteiger partial charge in [0.2, 0.25) is 0 Å². The summed E-state index contributed by atoms with van der Waals surface area (Å²) in [4.78, 5) is 3.64. The highest BCUT2D eigenvalue weighted by molar-refractivity contribution is 7.80. The average molecular weight is 315 g/mol. The highest BCUT2D eigenvalue weighted by Crippen LogP contribution is 2.30. The molecule has 8 heteroatoms. The fourth-order valence-electron chi connectivity index (χ4n) is 1.66. The number of rotatable bonds is 2. The van der Waals surface area contributed by atoms with Crippen molar-refractivity contribution in [3.05, 3.63) is 47.9 Å². The molecule has 110 valence electrons. The van der Waals surface area contributed by atoms with Crippen LogP contribution >= 0.6 is 12.2 Å². The summed E-state index contributed by atoms with van der Waals surface area (Å²) in [6.07, 6.45) is -3.81. The van der Waals surface area contributed by atoms with E-state index in [1.165, 1.54) is 12.1 Å². The number of nitrogens with one attached hydrogen (secondary N) is 1. The molecule has 0 aliphatic heterocycles. The number of alkyl halides is 3. The number of anilines is 1. The van der Waals surface area contributed by atoms with Crippen molar-refractivity contribution in [3.8, 4) is 11.3 Å². The van der Waals surface area contributed by atoms with Crippen LogP contribution in [0.5, 0.6) is 0 Å². The number of aromatic nitrogens is 1. The van der Waals surface area contributed by atoms with E-state index < -0.39 is 17.6 Å². The predicted octanol–water partition coefficient (Wildman–Crippen LogP) is 3.56. The molecule has 0 fully saturated rings. The van der Waals surface area contributed by atoms with Crippen molar-refractivity contribution >= 4 is 23.0 Å². The molecule has 0 saturated carbocycles. The van der Waals surface area contributed by atoms with Gasteiger partial charge in [-0.25, -0.2) is 4.39 Å². The molecule has 0 amide bonds. The van der Waals surface area contributed by atoms with Crippen LogP contribution in [-0.4, -0.2) is 10.1 Å². The van der Waals surface area contributed by atoms with Crippen LogP contribution in [0, 0.1) is 5.82 Å². The molecular weight excluding hydrogens is 306 g/mol. The third-order valence-electron chi connectivity index (χ3n) is 2.60. The summed E-state index contributed by atoms with van der Waals surface area (Å²) in [6, 6.07) is 5.97. The Hall–Kier alpha value is -2.22. The number of thiocarbonyl (C=S) groups is 1. The minimum absolute atomic E-state index is 0.0187. The molecule has 1 aromatic heterocycles. The SMILES string of the molecule is NC(=S)Nc1ccc(-c2ccc(C(F)(F)F)cn2)c(F)c1. The van der Waals surface area contributed by atoms with Crippen molar-refractivity contribution in [1.29, 1.82) is 0 Å². The van der Waals surface area contributed by atoms with Gasteiger partial charge < -0.3 is 11.1 Å². The molecule has 0 unspecified atom stereocenters. The Morgan fingerprint density at radius 2 is 1.90 bits per heavy atom. The van der Waals surface area contributed by atoms with E-state index in [0.717, 1.165) is 18.2 Å². The summed E-state index contributed by atoms with van der Waals surface area (Å²) in [5, 5.41) is 2.53. The maximum atomic E-state index is 13.9. The van der Waals surface area contributed by atoms with E-state index in [-0.39, 0.29) is 16.4 Å². The summed E-state index contributed by atoms with van der Waals surface area (Å²) >= 11 is 4.62. The summed E-state index contributed by atoms with van der Waals surface area (Å²) in [5.74, 6) is -0.650. The number of halogens is 4. The Labute approximate surface area is 122 Å². The van der Waals surface area contributed by atoms with Gasteiger partial charge in [-0.1, -0.05) is 0 Å². The summed E-state index contributed by atoms with van der Waals surface area (Å²) in [5.41, 5.74) is 4.89. The van der Waals surface area contributed by atoms with Gasteiger partial charge in [-0.3, -0.25) is 4.98 Å². The minimum Gasteiger partial charge on any atom is -0.376 e. The van der Waals surface area contributed by atoms with Gasteiger partial charge in [-0.05, 0) is 42.5 Å². The normalized spacial score (nSPS) is 11.2. The fourth-order valence-corrected chi connectivity index (χ4v) is 1.78. The highest BCUT2D eigenvalue weighted by Gasteiger charge is 2.30.